The molecule has 2 aromatic rings. The van der Waals surface area contributed by atoms with Gasteiger partial charge >= 0.3 is 0 Å². The number of nitrogens with one attached hydrogen (secondary N) is 1. The fourth-order valence-corrected chi connectivity index (χ4v) is 1.52. The Kier molecular flexibility index (Phi) is 1.81. The van der Waals surface area contributed by atoms with Gasteiger partial charge < -0.3 is 10.1 Å². The maximum absolute atomic E-state index is 11.3. The van der Waals surface area contributed by atoms with Crippen LogP contribution in [-0.4, -0.2) is 15.1 Å². The van der Waals surface area contributed by atoms with Gasteiger partial charge in [-0.25, -0.2) is 0 Å². The summed E-state index contributed by atoms with van der Waals surface area (Å²) in [5.41, 5.74) is -0.248. The molecule has 0 fully saturated rings. The van der Waals surface area contributed by atoms with Crippen LogP contribution in [0.4, 0.5) is 0 Å². The highest BCUT2D eigenvalue weighted by atomic mass is 79.9. The Morgan fingerprint density at radius 2 is 2.23 bits per heavy atom. The minimum atomic E-state index is -0.248. The predicted octanol–water partition coefficient (Wildman–Crippen LogP) is 1.39. The topological polar surface area (TPSA) is 66.0 Å². The molecule has 0 radical (unpaired) electrons. The van der Waals surface area contributed by atoms with E-state index in [1.807, 2.05) is 0 Å². The summed E-state index contributed by atoms with van der Waals surface area (Å²) in [6.07, 6.45) is 2.95. The molecule has 5 heteroatoms. The molecular formula is C8H5BrN2O2. The largest absolute Gasteiger partial charge is 0.505 e. The van der Waals surface area contributed by atoms with Crippen molar-refractivity contribution in [1.29, 1.82) is 0 Å². The molecule has 2 N–H and O–H groups in total. The minimum absolute atomic E-state index is 0.00250. The summed E-state index contributed by atoms with van der Waals surface area (Å²) in [6, 6.07) is 1.56. The van der Waals surface area contributed by atoms with Crippen LogP contribution < -0.4 is 5.56 Å². The van der Waals surface area contributed by atoms with Crippen LogP contribution in [0.2, 0.25) is 0 Å². The van der Waals surface area contributed by atoms with Gasteiger partial charge in [0.1, 0.15) is 4.60 Å². The van der Waals surface area contributed by atoms with Gasteiger partial charge in [0.2, 0.25) is 0 Å². The van der Waals surface area contributed by atoms with E-state index in [9.17, 15) is 9.90 Å². The van der Waals surface area contributed by atoms with Crippen LogP contribution in [0.1, 0.15) is 0 Å². The molecule has 2 rings (SSSR count). The third-order valence-electron chi connectivity index (χ3n) is 1.75. The zero-order valence-electron chi connectivity index (χ0n) is 6.41. The molecule has 0 saturated heterocycles. The van der Waals surface area contributed by atoms with Gasteiger partial charge in [-0.05, 0) is 22.0 Å². The van der Waals surface area contributed by atoms with Gasteiger partial charge in [-0.2, -0.15) is 0 Å². The van der Waals surface area contributed by atoms with Gasteiger partial charge in [-0.3, -0.25) is 9.78 Å². The lowest BCUT2D eigenvalue weighted by Gasteiger charge is -2.00. The predicted molar refractivity (Wildman–Crippen MR) is 51.7 cm³/mol. The molecule has 0 atom stereocenters. The summed E-state index contributed by atoms with van der Waals surface area (Å²) in [4.78, 5) is 17.6. The zero-order chi connectivity index (χ0) is 9.42. The van der Waals surface area contributed by atoms with E-state index in [0.29, 0.717) is 10.8 Å². The number of hydrogen-bond donors (Lipinski definition) is 2. The van der Waals surface area contributed by atoms with Gasteiger partial charge in [-0.15, -0.1) is 0 Å². The summed E-state index contributed by atoms with van der Waals surface area (Å²) in [6.45, 7) is 0. The Morgan fingerprint density at radius 3 is 3.00 bits per heavy atom. The highest BCUT2D eigenvalue weighted by Gasteiger charge is 2.07. The van der Waals surface area contributed by atoms with Crippen molar-refractivity contribution < 1.29 is 5.11 Å². The first-order chi connectivity index (χ1) is 6.20. The SMILES string of the molecule is O=c1[nH]c(Br)c(O)c2cnccc12. The van der Waals surface area contributed by atoms with Crippen molar-refractivity contribution in [3.63, 3.8) is 0 Å². The third kappa shape index (κ3) is 1.21. The molecule has 0 amide bonds. The van der Waals surface area contributed by atoms with Crippen LogP contribution in [0.3, 0.4) is 0 Å². The van der Waals surface area contributed by atoms with Gasteiger partial charge in [0.05, 0.1) is 10.8 Å². The van der Waals surface area contributed by atoms with E-state index in [-0.39, 0.29) is 15.9 Å². The van der Waals surface area contributed by atoms with E-state index in [2.05, 4.69) is 25.9 Å². The lowest BCUT2D eigenvalue weighted by Crippen LogP contribution is -2.06. The number of hydrogen-bond acceptors (Lipinski definition) is 3. The molecule has 13 heavy (non-hydrogen) atoms. The number of fused-ring (bicyclic) bond motifs is 1. The molecule has 0 aromatic carbocycles. The molecule has 0 bridgehead atoms. The Bertz CT molecular complexity index is 521. The summed E-state index contributed by atoms with van der Waals surface area (Å²) in [5, 5.41) is 10.4. The Balaban J connectivity index is 3.06. The number of halogens is 1. The second-order valence-electron chi connectivity index (χ2n) is 2.54. The lowest BCUT2D eigenvalue weighted by molar-refractivity contribution is 0.475. The number of rotatable bonds is 0. The first-order valence-corrected chi connectivity index (χ1v) is 4.34. The van der Waals surface area contributed by atoms with Crippen LogP contribution in [0, 0.1) is 0 Å². The molecule has 0 aliphatic rings. The first kappa shape index (κ1) is 8.25. The van der Waals surface area contributed by atoms with E-state index < -0.39 is 0 Å². The molecular weight excluding hydrogens is 236 g/mol. The van der Waals surface area contributed by atoms with Gasteiger partial charge in [-0.1, -0.05) is 0 Å². The second kappa shape index (κ2) is 2.85. The average molecular weight is 241 g/mol. The van der Waals surface area contributed by atoms with Crippen molar-refractivity contribution in [3.05, 3.63) is 33.4 Å². The zero-order valence-corrected chi connectivity index (χ0v) is 8.00. The number of pyridine rings is 2. The minimum Gasteiger partial charge on any atom is -0.505 e. The molecule has 66 valence electrons. The quantitative estimate of drug-likeness (QED) is 0.685. The molecule has 2 heterocycles. The van der Waals surface area contributed by atoms with Crippen molar-refractivity contribution in [2.45, 2.75) is 0 Å². The number of H-pyrrole nitrogens is 1. The maximum atomic E-state index is 11.3. The summed E-state index contributed by atoms with van der Waals surface area (Å²) >= 11 is 3.03. The van der Waals surface area contributed by atoms with Crippen molar-refractivity contribution in [2.24, 2.45) is 0 Å². The standard InChI is InChI=1S/C8H5BrN2O2/c9-7-6(12)5-3-10-2-1-4(5)8(13)11-7/h1-3,12H,(H,11,13). The monoisotopic (exact) mass is 240 g/mol. The molecule has 0 spiro atoms. The van der Waals surface area contributed by atoms with Crippen molar-refractivity contribution in [3.8, 4) is 5.75 Å². The summed E-state index contributed by atoms with van der Waals surface area (Å²) < 4.78 is 0.276. The van der Waals surface area contributed by atoms with E-state index in [0.717, 1.165) is 0 Å². The fraction of sp³-hybridized carbons (Fsp3) is 0. The van der Waals surface area contributed by atoms with Crippen LogP contribution in [0.5, 0.6) is 5.75 Å². The Hall–Kier alpha value is -1.36. The fourth-order valence-electron chi connectivity index (χ4n) is 1.13. The lowest BCUT2D eigenvalue weighted by atomic mass is 10.2. The van der Waals surface area contributed by atoms with Gasteiger partial charge in [0, 0.05) is 12.4 Å². The molecule has 0 aliphatic carbocycles. The van der Waals surface area contributed by atoms with Crippen LogP contribution in [0.25, 0.3) is 10.8 Å². The highest BCUT2D eigenvalue weighted by molar-refractivity contribution is 9.10. The second-order valence-corrected chi connectivity index (χ2v) is 3.33. The van der Waals surface area contributed by atoms with Gasteiger partial charge in [0.15, 0.2) is 5.75 Å². The van der Waals surface area contributed by atoms with E-state index >= 15 is 0 Å². The van der Waals surface area contributed by atoms with Crippen molar-refractivity contribution in [2.75, 3.05) is 0 Å². The number of aromatic amines is 1. The van der Waals surface area contributed by atoms with Crippen LogP contribution in [0.15, 0.2) is 27.9 Å². The van der Waals surface area contributed by atoms with Crippen molar-refractivity contribution >= 4 is 26.7 Å². The Labute approximate surface area is 81.4 Å². The van der Waals surface area contributed by atoms with Crippen molar-refractivity contribution in [1.82, 2.24) is 9.97 Å². The molecule has 2 aromatic heterocycles. The Morgan fingerprint density at radius 1 is 1.46 bits per heavy atom. The maximum Gasteiger partial charge on any atom is 0.257 e. The molecule has 0 unspecified atom stereocenters. The smallest absolute Gasteiger partial charge is 0.257 e. The highest BCUT2D eigenvalue weighted by Crippen LogP contribution is 2.26. The summed E-state index contributed by atoms with van der Waals surface area (Å²) in [5.74, 6) is 0.00250. The number of aromatic hydroxyl groups is 1. The number of aromatic nitrogens is 2. The van der Waals surface area contributed by atoms with E-state index in [1.165, 1.54) is 12.4 Å². The normalized spacial score (nSPS) is 10.5. The van der Waals surface area contributed by atoms with Crippen LogP contribution >= 0.6 is 15.9 Å². The third-order valence-corrected chi connectivity index (χ3v) is 2.33. The molecule has 0 saturated carbocycles. The van der Waals surface area contributed by atoms with Gasteiger partial charge in [0.25, 0.3) is 5.56 Å². The first-order valence-electron chi connectivity index (χ1n) is 3.54. The summed E-state index contributed by atoms with van der Waals surface area (Å²) in [7, 11) is 0. The van der Waals surface area contributed by atoms with E-state index in [1.54, 1.807) is 6.07 Å². The number of nitrogens with zero attached hydrogens (tertiary/aromatic N) is 1. The average Bonchev–Trinajstić information content (AvgIpc) is 2.15. The molecule has 4 nitrogen and oxygen atoms in total. The van der Waals surface area contributed by atoms with E-state index in [4.69, 9.17) is 0 Å². The van der Waals surface area contributed by atoms with Crippen LogP contribution in [-0.2, 0) is 0 Å². The molecule has 0 aliphatic heterocycles.